The fourth-order valence-corrected chi connectivity index (χ4v) is 5.42. The van der Waals surface area contributed by atoms with Crippen LogP contribution >= 0.6 is 35.6 Å². The lowest BCUT2D eigenvalue weighted by molar-refractivity contribution is -0.136. The number of hydrogen-bond donors (Lipinski definition) is 5. The number of hydrogen-bond acceptors (Lipinski definition) is 7. The van der Waals surface area contributed by atoms with Crippen molar-refractivity contribution < 1.29 is 41.3 Å². The first-order chi connectivity index (χ1) is 15.8. The molecule has 0 saturated heterocycles. The average Bonchev–Trinajstić information content (AvgIpc) is 3.10. The molecule has 188 valence electrons. The van der Waals surface area contributed by atoms with E-state index in [9.17, 15) is 26.7 Å². The van der Waals surface area contributed by atoms with E-state index >= 15 is 0 Å². The van der Waals surface area contributed by atoms with Crippen LogP contribution in [0.1, 0.15) is 28.1 Å². The number of halogens is 6. The van der Waals surface area contributed by atoms with E-state index in [-0.39, 0.29) is 38.1 Å². The van der Waals surface area contributed by atoms with Crippen molar-refractivity contribution in [3.63, 3.8) is 0 Å². The van der Waals surface area contributed by atoms with Gasteiger partial charge in [0.25, 0.3) is 5.91 Å². The molecule has 0 unspecified atom stereocenters. The number of thiophene rings is 1. The summed E-state index contributed by atoms with van der Waals surface area (Å²) in [7, 11) is -3.68. The normalized spacial score (nSPS) is 13.3. The molecule has 1 amide bonds. The van der Waals surface area contributed by atoms with Gasteiger partial charge in [-0.3, -0.25) is 4.79 Å². The molecule has 34 heavy (non-hydrogen) atoms. The summed E-state index contributed by atoms with van der Waals surface area (Å²) in [6, 6.07) is 2.47. The van der Waals surface area contributed by atoms with E-state index in [1.165, 1.54) is 30.5 Å². The van der Waals surface area contributed by atoms with Gasteiger partial charge < -0.3 is 31.3 Å². The molecule has 7 nitrogen and oxygen atoms in total. The largest absolute Gasteiger partial charge is 0.492 e. The predicted molar refractivity (Wildman–Crippen MR) is 123 cm³/mol. The Hall–Kier alpha value is -1.99. The molecule has 0 atom stereocenters. The summed E-state index contributed by atoms with van der Waals surface area (Å²) >= 11 is 3.48. The summed E-state index contributed by atoms with van der Waals surface area (Å²) in [5.41, 5.74) is 7.14. The van der Waals surface area contributed by atoms with Gasteiger partial charge in [-0.15, -0.1) is 11.3 Å². The molecule has 0 aliphatic heterocycles. The van der Waals surface area contributed by atoms with Crippen molar-refractivity contribution in [2.45, 2.75) is 24.7 Å². The fourth-order valence-electron chi connectivity index (χ4n) is 2.64. The van der Waals surface area contributed by atoms with Gasteiger partial charge in [0.2, 0.25) is 8.38 Å². The predicted octanol–water partition coefficient (Wildman–Crippen LogP) is 4.78. The fraction of sp³-hybridized carbons (Fsp3) is 0.316. The van der Waals surface area contributed by atoms with Crippen LogP contribution in [0, 0.1) is 0 Å². The quantitative estimate of drug-likeness (QED) is 0.117. The second-order valence-electron chi connectivity index (χ2n) is 6.80. The Kier molecular flexibility index (Phi) is 9.66. The standard InChI is InChI=1S/C19H20BrF5N3O4PS/c20-14-12-7-10(17(29)28-9-11(27)3-1-5-26)8-13(32-6-2-4-18(21,22)23)15(12)34-16(14)19(24,25)33(30)31/h1,3,5,7-8,30-31H,2,4,6,9,26-27H2,(H,28,29)/b5-1-,11-3-. The Morgan fingerprint density at radius 3 is 2.53 bits per heavy atom. The molecular formula is C19H20BrF5N3O4PS. The molecular weight excluding hydrogens is 572 g/mol. The Morgan fingerprint density at radius 1 is 1.26 bits per heavy atom. The zero-order valence-electron chi connectivity index (χ0n) is 17.2. The van der Waals surface area contributed by atoms with Gasteiger partial charge in [0.15, 0.2) is 0 Å². The number of fused-ring (bicyclic) bond motifs is 1. The lowest BCUT2D eigenvalue weighted by atomic mass is 10.1. The summed E-state index contributed by atoms with van der Waals surface area (Å²) in [6.45, 7) is -0.467. The van der Waals surface area contributed by atoms with Crippen LogP contribution in [0.3, 0.4) is 0 Å². The number of allylic oxidation sites excluding steroid dienone is 2. The van der Waals surface area contributed by atoms with Crippen LogP contribution in [0.25, 0.3) is 10.1 Å². The minimum Gasteiger partial charge on any atom is -0.492 e. The molecule has 0 saturated carbocycles. The molecule has 0 fully saturated rings. The van der Waals surface area contributed by atoms with Gasteiger partial charge in [-0.25, -0.2) is 0 Å². The summed E-state index contributed by atoms with van der Waals surface area (Å²) in [4.78, 5) is 30.2. The Balaban J connectivity index is 2.44. The van der Waals surface area contributed by atoms with Crippen molar-refractivity contribution in [3.05, 3.63) is 51.1 Å². The van der Waals surface area contributed by atoms with E-state index in [4.69, 9.17) is 26.0 Å². The third kappa shape index (κ3) is 7.25. The maximum atomic E-state index is 14.3. The lowest BCUT2D eigenvalue weighted by Gasteiger charge is -2.15. The van der Waals surface area contributed by atoms with E-state index in [0.29, 0.717) is 11.3 Å². The molecule has 0 aliphatic carbocycles. The summed E-state index contributed by atoms with van der Waals surface area (Å²) in [5.74, 6) is -0.763. The van der Waals surface area contributed by atoms with Gasteiger partial charge in [0.1, 0.15) is 5.75 Å². The number of carbonyl (C=O) groups excluding carboxylic acids is 1. The molecule has 1 heterocycles. The van der Waals surface area contributed by atoms with E-state index in [1.54, 1.807) is 0 Å². The third-order valence-corrected chi connectivity index (χ3v) is 7.47. The number of carbonyl (C=O) groups is 1. The van der Waals surface area contributed by atoms with Crippen LogP contribution in [0.5, 0.6) is 5.75 Å². The molecule has 2 rings (SSSR count). The number of nitrogens with two attached hydrogens (primary N) is 2. The first-order valence-electron chi connectivity index (χ1n) is 9.41. The molecule has 7 N–H and O–H groups in total. The van der Waals surface area contributed by atoms with Crippen LogP contribution in [0.15, 0.2) is 40.7 Å². The molecule has 0 spiro atoms. The second kappa shape index (κ2) is 11.6. The van der Waals surface area contributed by atoms with Crippen molar-refractivity contribution >= 4 is 51.6 Å². The first kappa shape index (κ1) is 28.2. The average molecular weight is 592 g/mol. The van der Waals surface area contributed by atoms with Crippen LogP contribution in [0.4, 0.5) is 22.0 Å². The highest BCUT2D eigenvalue weighted by Crippen LogP contribution is 2.58. The Morgan fingerprint density at radius 2 is 1.94 bits per heavy atom. The number of alkyl halides is 5. The van der Waals surface area contributed by atoms with Crippen molar-refractivity contribution in [1.82, 2.24) is 5.32 Å². The topological polar surface area (TPSA) is 131 Å². The van der Waals surface area contributed by atoms with E-state index in [2.05, 4.69) is 21.2 Å². The smallest absolute Gasteiger partial charge is 0.389 e. The molecule has 15 heteroatoms. The highest BCUT2D eigenvalue weighted by Gasteiger charge is 2.45. The van der Waals surface area contributed by atoms with Gasteiger partial charge in [-0.1, -0.05) is 0 Å². The number of rotatable bonds is 10. The molecule has 0 bridgehead atoms. The van der Waals surface area contributed by atoms with E-state index < -0.39 is 50.4 Å². The van der Waals surface area contributed by atoms with Gasteiger partial charge in [-0.2, -0.15) is 22.0 Å². The monoisotopic (exact) mass is 591 g/mol. The van der Waals surface area contributed by atoms with Crippen LogP contribution in [-0.2, 0) is 5.66 Å². The molecule has 0 radical (unpaired) electrons. The van der Waals surface area contributed by atoms with Crippen molar-refractivity contribution in [2.24, 2.45) is 11.5 Å². The highest BCUT2D eigenvalue weighted by atomic mass is 79.9. The van der Waals surface area contributed by atoms with Crippen LogP contribution in [0.2, 0.25) is 0 Å². The Labute approximate surface area is 204 Å². The number of amides is 1. The zero-order chi connectivity index (χ0) is 25.7. The van der Waals surface area contributed by atoms with Gasteiger partial charge in [-0.05, 0) is 52.8 Å². The molecule has 2 aromatic rings. The minimum absolute atomic E-state index is 0.0379. The SMILES string of the molecule is N/C=C\C=C(/N)CNC(=O)c1cc(OCCCC(F)(F)F)c2sc(C(F)(F)P(O)O)c(Br)c2c1. The highest BCUT2D eigenvalue weighted by molar-refractivity contribution is 9.10. The summed E-state index contributed by atoms with van der Waals surface area (Å²) in [5, 5.41) is 2.60. The number of ether oxygens (including phenoxy) is 1. The second-order valence-corrected chi connectivity index (χ2v) is 9.76. The van der Waals surface area contributed by atoms with Crippen molar-refractivity contribution in [2.75, 3.05) is 13.2 Å². The number of nitrogens with one attached hydrogen (secondary N) is 1. The Bertz CT molecular complexity index is 1090. The van der Waals surface area contributed by atoms with E-state index in [0.717, 1.165) is 0 Å². The minimum atomic E-state index is -4.40. The van der Waals surface area contributed by atoms with Crippen molar-refractivity contribution in [3.8, 4) is 5.75 Å². The lowest BCUT2D eigenvalue weighted by Crippen LogP contribution is -2.27. The molecule has 0 aliphatic rings. The number of benzene rings is 1. The zero-order valence-corrected chi connectivity index (χ0v) is 20.5. The van der Waals surface area contributed by atoms with Crippen LogP contribution < -0.4 is 21.5 Å². The van der Waals surface area contributed by atoms with Gasteiger partial charge in [0.05, 0.1) is 22.7 Å². The molecule has 1 aromatic heterocycles. The maximum Gasteiger partial charge on any atom is 0.389 e. The van der Waals surface area contributed by atoms with Crippen molar-refractivity contribution in [1.29, 1.82) is 0 Å². The van der Waals surface area contributed by atoms with E-state index in [1.807, 2.05) is 0 Å². The summed E-state index contributed by atoms with van der Waals surface area (Å²) in [6.07, 6.45) is -1.78. The molecule has 1 aromatic carbocycles. The first-order valence-corrected chi connectivity index (χ1v) is 12.3. The summed E-state index contributed by atoms with van der Waals surface area (Å²) < 4.78 is 71.3. The van der Waals surface area contributed by atoms with Gasteiger partial charge >= 0.3 is 11.8 Å². The maximum absolute atomic E-state index is 14.3. The van der Waals surface area contributed by atoms with Crippen LogP contribution in [-0.4, -0.2) is 35.0 Å². The van der Waals surface area contributed by atoms with Gasteiger partial charge in [0, 0.05) is 27.5 Å². The third-order valence-electron chi connectivity index (χ3n) is 4.22.